The van der Waals surface area contributed by atoms with Gasteiger partial charge < -0.3 is 15.1 Å². The number of oxazole rings is 1. The molecule has 1 aliphatic rings. The molecule has 0 saturated carbocycles. The van der Waals surface area contributed by atoms with Crippen LogP contribution in [0.3, 0.4) is 0 Å². The summed E-state index contributed by atoms with van der Waals surface area (Å²) in [4.78, 5) is 9.39. The first-order chi connectivity index (χ1) is 10.7. The Balaban J connectivity index is 1.69. The Morgan fingerprint density at radius 1 is 1.23 bits per heavy atom. The summed E-state index contributed by atoms with van der Waals surface area (Å²) in [5, 5.41) is 0. The maximum atomic E-state index is 5.93. The molecular formula is C17H26N4O. The molecule has 2 heterocycles. The lowest BCUT2D eigenvalue weighted by molar-refractivity contribution is 0.252. The van der Waals surface area contributed by atoms with E-state index in [-0.39, 0.29) is 0 Å². The molecule has 1 aromatic carbocycles. The Hall–Kier alpha value is -1.59. The summed E-state index contributed by atoms with van der Waals surface area (Å²) in [7, 11) is 0. The van der Waals surface area contributed by atoms with E-state index >= 15 is 0 Å². The first-order valence-electron chi connectivity index (χ1n) is 8.25. The molecule has 1 aliphatic heterocycles. The van der Waals surface area contributed by atoms with Crippen LogP contribution in [0.25, 0.3) is 11.1 Å². The Morgan fingerprint density at radius 2 is 2.00 bits per heavy atom. The first kappa shape index (κ1) is 15.3. The second-order valence-corrected chi connectivity index (χ2v) is 6.35. The normalized spacial score (nSPS) is 16.8. The summed E-state index contributed by atoms with van der Waals surface area (Å²) in [6.07, 6.45) is 1.07. The fourth-order valence-electron chi connectivity index (χ4n) is 2.90. The van der Waals surface area contributed by atoms with Crippen molar-refractivity contribution >= 4 is 17.1 Å². The number of anilines is 1. The van der Waals surface area contributed by atoms with Crippen molar-refractivity contribution < 1.29 is 4.42 Å². The predicted octanol–water partition coefficient (Wildman–Crippen LogP) is 2.42. The number of hydrogen-bond donors (Lipinski definition) is 1. The number of rotatable bonds is 5. The van der Waals surface area contributed by atoms with Crippen LogP contribution in [-0.4, -0.2) is 49.2 Å². The zero-order valence-electron chi connectivity index (χ0n) is 13.6. The molecule has 0 aliphatic carbocycles. The standard InChI is InChI=1S/C17H26N4O/c1-13(2)14-4-5-16-15(12-14)19-17(22-16)21-10-8-20(9-11-21)7-3-6-18/h4-5,12-13H,3,6-11,18H2,1-2H3. The molecule has 2 aromatic rings. The summed E-state index contributed by atoms with van der Waals surface area (Å²) >= 11 is 0. The molecule has 120 valence electrons. The van der Waals surface area contributed by atoms with Gasteiger partial charge in [-0.2, -0.15) is 4.98 Å². The largest absolute Gasteiger partial charge is 0.423 e. The molecule has 1 fully saturated rings. The van der Waals surface area contributed by atoms with Gasteiger partial charge in [-0.1, -0.05) is 19.9 Å². The average molecular weight is 302 g/mol. The molecule has 3 rings (SSSR count). The molecule has 0 atom stereocenters. The molecule has 0 unspecified atom stereocenters. The molecule has 0 spiro atoms. The van der Waals surface area contributed by atoms with Gasteiger partial charge in [-0.25, -0.2) is 0 Å². The van der Waals surface area contributed by atoms with E-state index in [4.69, 9.17) is 10.2 Å². The van der Waals surface area contributed by atoms with Crippen molar-refractivity contribution in [2.45, 2.75) is 26.2 Å². The first-order valence-corrected chi connectivity index (χ1v) is 8.25. The number of aromatic nitrogens is 1. The zero-order valence-corrected chi connectivity index (χ0v) is 13.6. The molecule has 1 aromatic heterocycles. The van der Waals surface area contributed by atoms with Gasteiger partial charge in [0.05, 0.1) is 0 Å². The summed E-state index contributed by atoms with van der Waals surface area (Å²) in [5.74, 6) is 0.510. The van der Waals surface area contributed by atoms with Crippen LogP contribution in [0.5, 0.6) is 0 Å². The van der Waals surface area contributed by atoms with Crippen LogP contribution in [0.2, 0.25) is 0 Å². The molecule has 0 radical (unpaired) electrons. The van der Waals surface area contributed by atoms with Gasteiger partial charge in [-0.05, 0) is 43.1 Å². The van der Waals surface area contributed by atoms with Gasteiger partial charge in [-0.15, -0.1) is 0 Å². The Kier molecular flexibility index (Phi) is 4.64. The van der Waals surface area contributed by atoms with Crippen molar-refractivity contribution in [1.29, 1.82) is 0 Å². The lowest BCUT2D eigenvalue weighted by Crippen LogP contribution is -2.47. The van der Waals surface area contributed by atoms with Gasteiger partial charge in [0.1, 0.15) is 5.52 Å². The molecule has 0 bridgehead atoms. The third-order valence-electron chi connectivity index (χ3n) is 4.39. The highest BCUT2D eigenvalue weighted by molar-refractivity contribution is 5.75. The molecule has 0 amide bonds. The molecule has 1 saturated heterocycles. The van der Waals surface area contributed by atoms with E-state index in [2.05, 4.69) is 40.8 Å². The number of nitrogens with two attached hydrogens (primary N) is 1. The van der Waals surface area contributed by atoms with Gasteiger partial charge in [0.25, 0.3) is 6.01 Å². The van der Waals surface area contributed by atoms with Crippen molar-refractivity contribution in [1.82, 2.24) is 9.88 Å². The maximum Gasteiger partial charge on any atom is 0.298 e. The number of fused-ring (bicyclic) bond motifs is 1. The topological polar surface area (TPSA) is 58.5 Å². The van der Waals surface area contributed by atoms with E-state index in [0.717, 1.165) is 62.8 Å². The van der Waals surface area contributed by atoms with Crippen LogP contribution in [0, 0.1) is 0 Å². The fourth-order valence-corrected chi connectivity index (χ4v) is 2.90. The second kappa shape index (κ2) is 6.67. The van der Waals surface area contributed by atoms with Gasteiger partial charge in [0.2, 0.25) is 0 Å². The monoisotopic (exact) mass is 302 g/mol. The highest BCUT2D eigenvalue weighted by atomic mass is 16.4. The highest BCUT2D eigenvalue weighted by Gasteiger charge is 2.20. The van der Waals surface area contributed by atoms with E-state index in [0.29, 0.717) is 5.92 Å². The summed E-state index contributed by atoms with van der Waals surface area (Å²) < 4.78 is 5.93. The van der Waals surface area contributed by atoms with Crippen LogP contribution in [0.15, 0.2) is 22.6 Å². The maximum absolute atomic E-state index is 5.93. The lowest BCUT2D eigenvalue weighted by Gasteiger charge is -2.33. The van der Waals surface area contributed by atoms with Gasteiger partial charge >= 0.3 is 0 Å². The van der Waals surface area contributed by atoms with E-state index in [1.807, 2.05) is 6.07 Å². The van der Waals surface area contributed by atoms with E-state index in [1.165, 1.54) is 5.56 Å². The minimum absolute atomic E-state index is 0.510. The number of hydrogen-bond acceptors (Lipinski definition) is 5. The minimum atomic E-state index is 0.510. The van der Waals surface area contributed by atoms with Crippen molar-refractivity contribution in [3.63, 3.8) is 0 Å². The van der Waals surface area contributed by atoms with E-state index < -0.39 is 0 Å². The van der Waals surface area contributed by atoms with Crippen molar-refractivity contribution in [3.8, 4) is 0 Å². The number of piperazine rings is 1. The summed E-state index contributed by atoms with van der Waals surface area (Å²) in [6.45, 7) is 10.3. The SMILES string of the molecule is CC(C)c1ccc2oc(N3CCN(CCCN)CC3)nc2c1. The van der Waals surface area contributed by atoms with Crippen LogP contribution < -0.4 is 10.6 Å². The van der Waals surface area contributed by atoms with Gasteiger partial charge in [-0.3, -0.25) is 4.90 Å². The number of nitrogens with zero attached hydrogens (tertiary/aromatic N) is 3. The van der Waals surface area contributed by atoms with Crippen molar-refractivity contribution in [3.05, 3.63) is 23.8 Å². The quantitative estimate of drug-likeness (QED) is 0.919. The van der Waals surface area contributed by atoms with E-state index in [1.54, 1.807) is 0 Å². The molecule has 5 nitrogen and oxygen atoms in total. The Labute approximate surface area is 132 Å². The zero-order chi connectivity index (χ0) is 15.5. The lowest BCUT2D eigenvalue weighted by atomic mass is 10.0. The Morgan fingerprint density at radius 3 is 2.68 bits per heavy atom. The third-order valence-corrected chi connectivity index (χ3v) is 4.39. The predicted molar refractivity (Wildman–Crippen MR) is 90.4 cm³/mol. The van der Waals surface area contributed by atoms with Gasteiger partial charge in [0, 0.05) is 26.2 Å². The molecule has 5 heteroatoms. The molecule has 22 heavy (non-hydrogen) atoms. The smallest absolute Gasteiger partial charge is 0.298 e. The minimum Gasteiger partial charge on any atom is -0.423 e. The fraction of sp³-hybridized carbons (Fsp3) is 0.588. The summed E-state index contributed by atoms with van der Waals surface area (Å²) in [6, 6.07) is 7.07. The summed E-state index contributed by atoms with van der Waals surface area (Å²) in [5.41, 5.74) is 8.73. The van der Waals surface area contributed by atoms with Crippen molar-refractivity contribution in [2.24, 2.45) is 5.73 Å². The Bertz CT molecular complexity index is 614. The van der Waals surface area contributed by atoms with Crippen molar-refractivity contribution in [2.75, 3.05) is 44.2 Å². The van der Waals surface area contributed by atoms with Crippen LogP contribution in [-0.2, 0) is 0 Å². The average Bonchev–Trinajstić information content (AvgIpc) is 2.96. The van der Waals surface area contributed by atoms with Crippen LogP contribution in [0.1, 0.15) is 31.7 Å². The second-order valence-electron chi connectivity index (χ2n) is 6.35. The highest BCUT2D eigenvalue weighted by Crippen LogP contribution is 2.26. The molecular weight excluding hydrogens is 276 g/mol. The number of benzene rings is 1. The van der Waals surface area contributed by atoms with E-state index in [9.17, 15) is 0 Å². The molecule has 2 N–H and O–H groups in total. The third kappa shape index (κ3) is 3.25. The van der Waals surface area contributed by atoms with Crippen LogP contribution >= 0.6 is 0 Å². The van der Waals surface area contributed by atoms with Crippen LogP contribution in [0.4, 0.5) is 6.01 Å². The van der Waals surface area contributed by atoms with Gasteiger partial charge in [0.15, 0.2) is 5.58 Å².